The van der Waals surface area contributed by atoms with Crippen LogP contribution < -0.4 is 14.2 Å². The molecule has 0 amide bonds. The van der Waals surface area contributed by atoms with Crippen molar-refractivity contribution in [2.75, 3.05) is 13.2 Å². The zero-order valence-corrected chi connectivity index (χ0v) is 21.0. The Morgan fingerprint density at radius 3 is 2.44 bits per heavy atom. The van der Waals surface area contributed by atoms with Crippen molar-refractivity contribution in [3.05, 3.63) is 76.3 Å². The molecule has 1 saturated carbocycles. The van der Waals surface area contributed by atoms with Gasteiger partial charge in [0.1, 0.15) is 36.1 Å². The van der Waals surface area contributed by atoms with Crippen molar-refractivity contribution >= 4 is 5.97 Å². The topological polar surface area (TPSA) is 85.2 Å². The average molecular weight is 489 g/mol. The smallest absolute Gasteiger partial charge is 0.304 e. The molecule has 0 bridgehead atoms. The van der Waals surface area contributed by atoms with Crippen LogP contribution in [0.4, 0.5) is 0 Å². The molecular weight excluding hydrogens is 456 g/mol. The van der Waals surface area contributed by atoms with Crippen molar-refractivity contribution < 1.29 is 29.2 Å². The highest BCUT2D eigenvalue weighted by molar-refractivity contribution is 5.75. The largest absolute Gasteiger partial charge is 0.491 e. The number of hydrogen-bond acceptors (Lipinski definition) is 5. The maximum absolute atomic E-state index is 11.4. The SMILES string of the molecule is Cc1cc(OCCO)cc(C)c1-c1cccc(COc2ccc3c(c2)OC2(CC2)C3CC(=O)O)c1C. The Kier molecular flexibility index (Phi) is 6.39. The lowest BCUT2D eigenvalue weighted by molar-refractivity contribution is -0.138. The maximum Gasteiger partial charge on any atom is 0.304 e. The number of rotatable bonds is 9. The number of fused-ring (bicyclic) bond motifs is 1. The van der Waals surface area contributed by atoms with E-state index in [1.807, 2.05) is 30.3 Å². The standard InChI is InChI=1S/C30H32O6/c1-18-13-23(34-12-11-31)14-19(2)29(18)24-6-4-5-21(20(24)3)17-35-22-7-8-25-26(16-28(32)33)30(9-10-30)36-27(25)15-22/h4-8,13-15,26,31H,9-12,16-17H2,1-3H3,(H,32,33). The maximum atomic E-state index is 11.4. The average Bonchev–Trinajstić information content (AvgIpc) is 3.55. The Balaban J connectivity index is 1.35. The lowest BCUT2D eigenvalue weighted by Crippen LogP contribution is -2.22. The molecular formula is C30H32O6. The molecule has 0 aromatic heterocycles. The van der Waals surface area contributed by atoms with Crippen molar-refractivity contribution in [3.63, 3.8) is 0 Å². The summed E-state index contributed by atoms with van der Waals surface area (Å²) in [6, 6.07) is 16.0. The van der Waals surface area contributed by atoms with Crippen LogP contribution in [-0.2, 0) is 11.4 Å². The van der Waals surface area contributed by atoms with Crippen molar-refractivity contribution in [2.24, 2.45) is 0 Å². The Labute approximate surface area is 211 Å². The van der Waals surface area contributed by atoms with Crippen LogP contribution in [0.1, 0.15) is 53.0 Å². The first-order valence-corrected chi connectivity index (χ1v) is 12.4. The number of aryl methyl sites for hydroxylation is 2. The van der Waals surface area contributed by atoms with Crippen LogP contribution in [0.2, 0.25) is 0 Å². The Morgan fingerprint density at radius 2 is 1.78 bits per heavy atom. The molecule has 0 radical (unpaired) electrons. The molecule has 1 aliphatic heterocycles. The quantitative estimate of drug-likeness (QED) is 0.401. The van der Waals surface area contributed by atoms with Gasteiger partial charge in [-0.3, -0.25) is 4.79 Å². The van der Waals surface area contributed by atoms with E-state index >= 15 is 0 Å². The van der Waals surface area contributed by atoms with Gasteiger partial charge < -0.3 is 24.4 Å². The first-order chi connectivity index (χ1) is 17.3. The second kappa shape index (κ2) is 9.51. The van der Waals surface area contributed by atoms with E-state index in [-0.39, 0.29) is 31.2 Å². The van der Waals surface area contributed by atoms with Gasteiger partial charge in [0, 0.05) is 17.5 Å². The summed E-state index contributed by atoms with van der Waals surface area (Å²) in [7, 11) is 0. The minimum absolute atomic E-state index is 0.0128. The lowest BCUT2D eigenvalue weighted by atomic mass is 9.90. The number of aliphatic carboxylic acids is 1. The van der Waals surface area contributed by atoms with Crippen LogP contribution in [-0.4, -0.2) is 35.0 Å². The summed E-state index contributed by atoms with van der Waals surface area (Å²) < 4.78 is 18.0. The van der Waals surface area contributed by atoms with E-state index in [4.69, 9.17) is 19.3 Å². The third-order valence-electron chi connectivity index (χ3n) is 7.41. The molecule has 2 aliphatic rings. The van der Waals surface area contributed by atoms with Crippen LogP contribution >= 0.6 is 0 Å². The first kappa shape index (κ1) is 24.2. The number of hydrogen-bond donors (Lipinski definition) is 2. The van der Waals surface area contributed by atoms with E-state index in [1.54, 1.807) is 0 Å². The summed E-state index contributed by atoms with van der Waals surface area (Å²) in [5, 5.41) is 18.4. The number of carboxylic acid groups (broad SMARTS) is 1. The molecule has 2 N–H and O–H groups in total. The molecule has 1 spiro atoms. The molecule has 36 heavy (non-hydrogen) atoms. The van der Waals surface area contributed by atoms with Crippen molar-refractivity contribution in [2.45, 2.75) is 58.2 Å². The monoisotopic (exact) mass is 488 g/mol. The highest BCUT2D eigenvalue weighted by Crippen LogP contribution is 2.59. The number of benzene rings is 3. The molecule has 3 aromatic rings. The highest BCUT2D eigenvalue weighted by Gasteiger charge is 2.57. The van der Waals surface area contributed by atoms with Gasteiger partial charge >= 0.3 is 5.97 Å². The molecule has 5 rings (SSSR count). The van der Waals surface area contributed by atoms with Crippen molar-refractivity contribution in [1.29, 1.82) is 0 Å². The number of ether oxygens (including phenoxy) is 3. The predicted octanol–water partition coefficient (Wildman–Crippen LogP) is 5.71. The van der Waals surface area contributed by atoms with Gasteiger partial charge in [-0.25, -0.2) is 0 Å². The summed E-state index contributed by atoms with van der Waals surface area (Å²) in [6.07, 6.45) is 1.89. The minimum Gasteiger partial charge on any atom is -0.491 e. The van der Waals surface area contributed by atoms with Crippen molar-refractivity contribution in [1.82, 2.24) is 0 Å². The minimum atomic E-state index is -0.795. The normalized spacial score (nSPS) is 16.9. The van der Waals surface area contributed by atoms with E-state index in [0.717, 1.165) is 57.7 Å². The second-order valence-electron chi connectivity index (χ2n) is 9.90. The van der Waals surface area contributed by atoms with Gasteiger partial charge in [0.25, 0.3) is 0 Å². The number of aliphatic hydroxyl groups excluding tert-OH is 1. The second-order valence-corrected chi connectivity index (χ2v) is 9.90. The number of carbonyl (C=O) groups is 1. The molecule has 1 aliphatic carbocycles. The third kappa shape index (κ3) is 4.53. The van der Waals surface area contributed by atoms with E-state index in [2.05, 4.69) is 39.0 Å². The van der Waals surface area contributed by atoms with E-state index < -0.39 is 5.97 Å². The molecule has 6 heteroatoms. The Morgan fingerprint density at radius 1 is 1.03 bits per heavy atom. The fourth-order valence-electron chi connectivity index (χ4n) is 5.47. The first-order valence-electron chi connectivity index (χ1n) is 12.4. The molecule has 1 heterocycles. The summed E-state index contributed by atoms with van der Waals surface area (Å²) in [5.74, 6) is 1.33. The zero-order valence-electron chi connectivity index (χ0n) is 21.0. The van der Waals surface area contributed by atoms with Gasteiger partial charge in [0.2, 0.25) is 0 Å². The number of aliphatic hydroxyl groups is 1. The van der Waals surface area contributed by atoms with Crippen LogP contribution in [0.25, 0.3) is 11.1 Å². The molecule has 3 aromatic carbocycles. The molecule has 6 nitrogen and oxygen atoms in total. The van der Waals surface area contributed by atoms with Gasteiger partial charge in [-0.1, -0.05) is 24.3 Å². The molecule has 1 unspecified atom stereocenters. The molecule has 1 fully saturated rings. The summed E-state index contributed by atoms with van der Waals surface area (Å²) in [4.78, 5) is 11.4. The summed E-state index contributed by atoms with van der Waals surface area (Å²) in [5.41, 5.74) is 7.45. The third-order valence-corrected chi connectivity index (χ3v) is 7.41. The van der Waals surface area contributed by atoms with Crippen molar-refractivity contribution in [3.8, 4) is 28.4 Å². The summed E-state index contributed by atoms with van der Waals surface area (Å²) >= 11 is 0. The van der Waals surface area contributed by atoms with Crippen LogP contribution in [0.15, 0.2) is 48.5 Å². The Hall–Kier alpha value is -3.51. The molecule has 1 atom stereocenters. The predicted molar refractivity (Wildman–Crippen MR) is 137 cm³/mol. The van der Waals surface area contributed by atoms with Gasteiger partial charge in [-0.05, 0) is 85.2 Å². The van der Waals surface area contributed by atoms with Crippen LogP contribution in [0.3, 0.4) is 0 Å². The van der Waals surface area contributed by atoms with E-state index in [0.29, 0.717) is 12.4 Å². The summed E-state index contributed by atoms with van der Waals surface area (Å²) in [6.45, 7) is 6.94. The van der Waals surface area contributed by atoms with Gasteiger partial charge in [-0.2, -0.15) is 0 Å². The highest BCUT2D eigenvalue weighted by atomic mass is 16.5. The van der Waals surface area contributed by atoms with Gasteiger partial charge in [0.15, 0.2) is 0 Å². The van der Waals surface area contributed by atoms with Gasteiger partial charge in [-0.15, -0.1) is 0 Å². The molecule has 188 valence electrons. The Bertz CT molecular complexity index is 1280. The molecule has 0 saturated heterocycles. The van der Waals surface area contributed by atoms with E-state index in [1.165, 1.54) is 5.56 Å². The van der Waals surface area contributed by atoms with Gasteiger partial charge in [0.05, 0.1) is 13.0 Å². The fraction of sp³-hybridized carbons (Fsp3) is 0.367. The van der Waals surface area contributed by atoms with Crippen LogP contribution in [0.5, 0.6) is 17.2 Å². The lowest BCUT2D eigenvalue weighted by Gasteiger charge is -2.18. The van der Waals surface area contributed by atoms with E-state index in [9.17, 15) is 9.90 Å². The fourth-order valence-corrected chi connectivity index (χ4v) is 5.47. The zero-order chi connectivity index (χ0) is 25.4. The van der Waals surface area contributed by atoms with Crippen LogP contribution in [0, 0.1) is 20.8 Å². The number of carboxylic acids is 1.